The van der Waals surface area contributed by atoms with Crippen molar-refractivity contribution in [2.24, 2.45) is 0 Å². The number of benzene rings is 1. The monoisotopic (exact) mass is 261 g/mol. The second-order valence-electron chi connectivity index (χ2n) is 3.93. The number of hydrogen-bond donors (Lipinski definition) is 1. The van der Waals surface area contributed by atoms with Crippen molar-refractivity contribution >= 4 is 38.0 Å². The van der Waals surface area contributed by atoms with Gasteiger partial charge in [0.2, 0.25) is 0 Å². The third kappa shape index (κ3) is 2.16. The van der Waals surface area contributed by atoms with Gasteiger partial charge in [0.05, 0.1) is 20.9 Å². The van der Waals surface area contributed by atoms with E-state index in [1.54, 1.807) is 11.3 Å². The average molecular weight is 261 g/mol. The van der Waals surface area contributed by atoms with Gasteiger partial charge >= 0.3 is 0 Å². The molecule has 3 rings (SSSR count). The molecule has 0 amide bonds. The van der Waals surface area contributed by atoms with Crippen LogP contribution in [0.25, 0.3) is 10.2 Å². The highest BCUT2D eigenvalue weighted by Gasteiger charge is 2.07. The third-order valence-corrected chi connectivity index (χ3v) is 4.25. The van der Waals surface area contributed by atoms with Gasteiger partial charge in [-0.25, -0.2) is 9.97 Å². The smallest absolute Gasteiger partial charge is 0.180 e. The Labute approximate surface area is 107 Å². The topological polar surface area (TPSA) is 51.8 Å². The Balaban J connectivity index is 1.95. The first-order valence-electron chi connectivity index (χ1n) is 5.26. The quantitative estimate of drug-likeness (QED) is 0.770. The Bertz CT molecular complexity index is 669. The second kappa shape index (κ2) is 4.09. The van der Waals surface area contributed by atoms with E-state index in [0.717, 1.165) is 22.6 Å². The first-order chi connectivity index (χ1) is 8.20. The van der Waals surface area contributed by atoms with Crippen LogP contribution in [0, 0.1) is 6.92 Å². The molecule has 3 aromatic rings. The molecule has 86 valence electrons. The van der Waals surface area contributed by atoms with Crippen LogP contribution in [0.4, 0.5) is 5.13 Å². The summed E-state index contributed by atoms with van der Waals surface area (Å²) < 4.78 is 1.23. The molecule has 2 heterocycles. The predicted molar refractivity (Wildman–Crippen MR) is 73.7 cm³/mol. The summed E-state index contributed by atoms with van der Waals surface area (Å²) in [6, 6.07) is 6.36. The average Bonchev–Trinajstić information content (AvgIpc) is 2.84. The van der Waals surface area contributed by atoms with Gasteiger partial charge in [0.1, 0.15) is 0 Å². The minimum atomic E-state index is 0.622. The standard InChI is InChI=1S/C12H11N3S2/c1-7-2-3-10-9(4-7)15-11(17-10)5-8-6-16-12(13)14-8/h2-4,6H,5H2,1H3,(H2,13,14). The van der Waals surface area contributed by atoms with Gasteiger partial charge in [-0.2, -0.15) is 0 Å². The molecule has 0 unspecified atom stereocenters. The van der Waals surface area contributed by atoms with Crippen LogP contribution >= 0.6 is 22.7 Å². The summed E-state index contributed by atoms with van der Waals surface area (Å²) in [6.45, 7) is 2.08. The summed E-state index contributed by atoms with van der Waals surface area (Å²) in [5, 5.41) is 3.71. The largest absolute Gasteiger partial charge is 0.375 e. The van der Waals surface area contributed by atoms with Gasteiger partial charge in [0, 0.05) is 11.8 Å². The first kappa shape index (κ1) is 10.7. The summed E-state index contributed by atoms with van der Waals surface area (Å²) in [4.78, 5) is 8.88. The molecule has 0 spiro atoms. The Hall–Kier alpha value is -1.46. The highest BCUT2D eigenvalue weighted by Crippen LogP contribution is 2.25. The van der Waals surface area contributed by atoms with Gasteiger partial charge in [0.15, 0.2) is 5.13 Å². The van der Waals surface area contributed by atoms with Crippen LogP contribution in [0.5, 0.6) is 0 Å². The Morgan fingerprint density at radius 2 is 2.18 bits per heavy atom. The Morgan fingerprint density at radius 1 is 1.29 bits per heavy atom. The zero-order valence-electron chi connectivity index (χ0n) is 9.30. The van der Waals surface area contributed by atoms with Crippen molar-refractivity contribution in [2.75, 3.05) is 5.73 Å². The van der Waals surface area contributed by atoms with Crippen molar-refractivity contribution < 1.29 is 0 Å². The summed E-state index contributed by atoms with van der Waals surface area (Å²) in [6.07, 6.45) is 0.770. The number of rotatable bonds is 2. The fraction of sp³-hybridized carbons (Fsp3) is 0.167. The predicted octanol–water partition coefficient (Wildman–Crippen LogP) is 3.23. The zero-order chi connectivity index (χ0) is 11.8. The lowest BCUT2D eigenvalue weighted by molar-refractivity contribution is 1.09. The number of aryl methyl sites for hydroxylation is 1. The molecule has 2 aromatic heterocycles. The fourth-order valence-electron chi connectivity index (χ4n) is 1.72. The fourth-order valence-corrected chi connectivity index (χ4v) is 3.25. The summed E-state index contributed by atoms with van der Waals surface area (Å²) in [5.41, 5.74) is 8.94. The molecule has 3 nitrogen and oxygen atoms in total. The number of nitrogens with two attached hydrogens (primary N) is 1. The minimum Gasteiger partial charge on any atom is -0.375 e. The van der Waals surface area contributed by atoms with Gasteiger partial charge in [-0.05, 0) is 24.6 Å². The van der Waals surface area contributed by atoms with E-state index in [-0.39, 0.29) is 0 Å². The van der Waals surface area contributed by atoms with Crippen molar-refractivity contribution in [1.82, 2.24) is 9.97 Å². The van der Waals surface area contributed by atoms with Crippen molar-refractivity contribution in [1.29, 1.82) is 0 Å². The number of thiazole rings is 2. The van der Waals surface area contributed by atoms with Crippen LogP contribution in [0.2, 0.25) is 0 Å². The van der Waals surface area contributed by atoms with E-state index in [4.69, 9.17) is 5.73 Å². The number of fused-ring (bicyclic) bond motifs is 1. The molecule has 1 aromatic carbocycles. The molecular formula is C12H11N3S2. The van der Waals surface area contributed by atoms with Crippen LogP contribution in [0.1, 0.15) is 16.3 Å². The van der Waals surface area contributed by atoms with Crippen molar-refractivity contribution in [3.05, 3.63) is 39.8 Å². The molecule has 0 aliphatic carbocycles. The minimum absolute atomic E-state index is 0.622. The maximum atomic E-state index is 5.62. The van der Waals surface area contributed by atoms with Gasteiger partial charge in [-0.1, -0.05) is 6.07 Å². The molecule has 0 saturated carbocycles. The SMILES string of the molecule is Cc1ccc2sc(Cc3csc(N)n3)nc2c1. The number of aromatic nitrogens is 2. The van der Waals surface area contributed by atoms with E-state index in [2.05, 4.69) is 35.1 Å². The van der Waals surface area contributed by atoms with E-state index < -0.39 is 0 Å². The molecule has 0 fully saturated rings. The van der Waals surface area contributed by atoms with Crippen LogP contribution in [-0.4, -0.2) is 9.97 Å². The van der Waals surface area contributed by atoms with Gasteiger partial charge in [0.25, 0.3) is 0 Å². The van der Waals surface area contributed by atoms with Gasteiger partial charge in [-0.15, -0.1) is 22.7 Å². The van der Waals surface area contributed by atoms with Crippen LogP contribution in [0.15, 0.2) is 23.6 Å². The molecule has 0 aliphatic heterocycles. The Kier molecular flexibility index (Phi) is 2.57. The lowest BCUT2D eigenvalue weighted by Gasteiger charge is -1.89. The highest BCUT2D eigenvalue weighted by atomic mass is 32.1. The van der Waals surface area contributed by atoms with Crippen LogP contribution in [0.3, 0.4) is 0 Å². The molecule has 2 N–H and O–H groups in total. The van der Waals surface area contributed by atoms with Crippen molar-refractivity contribution in [3.63, 3.8) is 0 Å². The molecule has 0 atom stereocenters. The first-order valence-corrected chi connectivity index (χ1v) is 6.96. The van der Waals surface area contributed by atoms with Crippen LogP contribution in [-0.2, 0) is 6.42 Å². The molecule has 0 radical (unpaired) electrons. The molecule has 0 bridgehead atoms. The summed E-state index contributed by atoms with van der Waals surface area (Å²) in [7, 11) is 0. The molecule has 5 heteroatoms. The van der Waals surface area contributed by atoms with Crippen molar-refractivity contribution in [2.45, 2.75) is 13.3 Å². The van der Waals surface area contributed by atoms with Gasteiger partial charge in [-0.3, -0.25) is 0 Å². The summed E-state index contributed by atoms with van der Waals surface area (Å²) >= 11 is 3.20. The van der Waals surface area contributed by atoms with E-state index >= 15 is 0 Å². The number of anilines is 1. The number of nitrogens with zero attached hydrogens (tertiary/aromatic N) is 2. The highest BCUT2D eigenvalue weighted by molar-refractivity contribution is 7.18. The van der Waals surface area contributed by atoms with Crippen molar-refractivity contribution in [3.8, 4) is 0 Å². The molecule has 0 aliphatic rings. The number of hydrogen-bond acceptors (Lipinski definition) is 5. The zero-order valence-corrected chi connectivity index (χ0v) is 10.9. The Morgan fingerprint density at radius 3 is 2.94 bits per heavy atom. The van der Waals surface area contributed by atoms with E-state index in [9.17, 15) is 0 Å². The third-order valence-electron chi connectivity index (χ3n) is 2.49. The second-order valence-corrected chi connectivity index (χ2v) is 5.94. The molecular weight excluding hydrogens is 250 g/mol. The molecule has 0 saturated heterocycles. The normalized spacial score (nSPS) is 11.1. The maximum absolute atomic E-state index is 5.62. The maximum Gasteiger partial charge on any atom is 0.180 e. The molecule has 17 heavy (non-hydrogen) atoms. The van der Waals surface area contributed by atoms with E-state index in [0.29, 0.717) is 5.13 Å². The summed E-state index contributed by atoms with van der Waals surface area (Å²) in [5.74, 6) is 0. The lowest BCUT2D eigenvalue weighted by atomic mass is 10.2. The lowest BCUT2D eigenvalue weighted by Crippen LogP contribution is -1.88. The van der Waals surface area contributed by atoms with E-state index in [1.807, 2.05) is 5.38 Å². The van der Waals surface area contributed by atoms with Crippen LogP contribution < -0.4 is 5.73 Å². The van der Waals surface area contributed by atoms with E-state index in [1.165, 1.54) is 21.6 Å². The van der Waals surface area contributed by atoms with Gasteiger partial charge < -0.3 is 5.73 Å². The number of nitrogen functional groups attached to an aromatic ring is 1.